The van der Waals surface area contributed by atoms with E-state index < -0.39 is 17.8 Å². The molecular formula is C18H18O5. The maximum absolute atomic E-state index is 10.7. The molecule has 0 unspecified atom stereocenters. The molecule has 4 rings (SSSR count). The van der Waals surface area contributed by atoms with E-state index in [0.717, 1.165) is 16.2 Å². The Morgan fingerprint density at radius 3 is 2.70 bits per heavy atom. The summed E-state index contributed by atoms with van der Waals surface area (Å²) in [6, 6.07) is 7.43. The summed E-state index contributed by atoms with van der Waals surface area (Å²) in [5.41, 5.74) is 0.392. The fraction of sp³-hybridized carbons (Fsp3) is 0.333. The van der Waals surface area contributed by atoms with Gasteiger partial charge in [0.05, 0.1) is 18.8 Å². The number of furan rings is 1. The first-order chi connectivity index (χ1) is 10.9. The van der Waals surface area contributed by atoms with Gasteiger partial charge in [-0.05, 0) is 37.4 Å². The first kappa shape index (κ1) is 14.4. The van der Waals surface area contributed by atoms with Crippen LogP contribution in [0.1, 0.15) is 25.5 Å². The molecule has 0 spiro atoms. The van der Waals surface area contributed by atoms with Gasteiger partial charge in [-0.2, -0.15) is 0 Å². The molecule has 1 aliphatic heterocycles. The van der Waals surface area contributed by atoms with E-state index in [2.05, 4.69) is 0 Å². The van der Waals surface area contributed by atoms with Crippen LogP contribution in [-0.4, -0.2) is 29.0 Å². The van der Waals surface area contributed by atoms with Gasteiger partial charge in [-0.1, -0.05) is 6.07 Å². The molecule has 0 fully saturated rings. The van der Waals surface area contributed by atoms with Gasteiger partial charge < -0.3 is 24.1 Å². The van der Waals surface area contributed by atoms with Crippen LogP contribution in [0.2, 0.25) is 0 Å². The third-order valence-electron chi connectivity index (χ3n) is 4.58. The van der Waals surface area contributed by atoms with Crippen LogP contribution in [-0.2, 0) is 0 Å². The molecule has 2 heterocycles. The Labute approximate surface area is 133 Å². The highest BCUT2D eigenvalue weighted by molar-refractivity contribution is 6.06. The van der Waals surface area contributed by atoms with Gasteiger partial charge in [0.25, 0.3) is 0 Å². The maximum atomic E-state index is 10.7. The average Bonchev–Trinajstić information content (AvgIpc) is 2.97. The predicted molar refractivity (Wildman–Crippen MR) is 85.9 cm³/mol. The quantitative estimate of drug-likeness (QED) is 0.722. The van der Waals surface area contributed by atoms with Crippen LogP contribution in [0.5, 0.6) is 11.5 Å². The topological polar surface area (TPSA) is 72.1 Å². The number of ether oxygens (including phenoxy) is 2. The zero-order valence-electron chi connectivity index (χ0n) is 13.2. The first-order valence-electron chi connectivity index (χ1n) is 7.50. The van der Waals surface area contributed by atoms with E-state index in [1.165, 1.54) is 0 Å². The molecular weight excluding hydrogens is 296 g/mol. The van der Waals surface area contributed by atoms with Gasteiger partial charge in [0.15, 0.2) is 0 Å². The molecule has 1 aliphatic rings. The largest absolute Gasteiger partial charge is 0.495 e. The molecule has 5 nitrogen and oxygen atoms in total. The molecule has 0 radical (unpaired) electrons. The van der Waals surface area contributed by atoms with Crippen molar-refractivity contribution in [1.82, 2.24) is 0 Å². The fourth-order valence-corrected chi connectivity index (χ4v) is 3.36. The van der Waals surface area contributed by atoms with Crippen LogP contribution in [0.15, 0.2) is 34.9 Å². The lowest BCUT2D eigenvalue weighted by atomic mass is 9.85. The van der Waals surface area contributed by atoms with Crippen molar-refractivity contribution in [1.29, 1.82) is 0 Å². The van der Waals surface area contributed by atoms with E-state index in [0.29, 0.717) is 22.6 Å². The Bertz CT molecular complexity index is 909. The Balaban J connectivity index is 2.13. The van der Waals surface area contributed by atoms with E-state index in [9.17, 15) is 10.2 Å². The summed E-state index contributed by atoms with van der Waals surface area (Å²) in [7, 11) is 1.58. The van der Waals surface area contributed by atoms with E-state index >= 15 is 0 Å². The highest BCUT2D eigenvalue weighted by atomic mass is 16.5. The van der Waals surface area contributed by atoms with Crippen molar-refractivity contribution in [3.8, 4) is 11.5 Å². The van der Waals surface area contributed by atoms with E-state index in [-0.39, 0.29) is 0 Å². The Hall–Kier alpha value is -2.24. The maximum Gasteiger partial charge on any atom is 0.138 e. The van der Waals surface area contributed by atoms with Gasteiger partial charge in [0.2, 0.25) is 0 Å². The van der Waals surface area contributed by atoms with Crippen molar-refractivity contribution in [2.75, 3.05) is 7.11 Å². The number of hydrogen-bond donors (Lipinski definition) is 2. The van der Waals surface area contributed by atoms with Crippen LogP contribution < -0.4 is 9.47 Å². The van der Waals surface area contributed by atoms with Crippen LogP contribution >= 0.6 is 0 Å². The van der Waals surface area contributed by atoms with Gasteiger partial charge >= 0.3 is 0 Å². The smallest absolute Gasteiger partial charge is 0.138 e. The minimum absolute atomic E-state index is 0.550. The summed E-state index contributed by atoms with van der Waals surface area (Å²) in [5, 5.41) is 23.5. The summed E-state index contributed by atoms with van der Waals surface area (Å²) in [5.74, 6) is 1.17. The van der Waals surface area contributed by atoms with E-state index in [1.807, 2.05) is 24.3 Å². The van der Waals surface area contributed by atoms with Gasteiger partial charge in [0, 0.05) is 10.9 Å². The SMILES string of the molecule is COc1c2ccoc2cc2ccc3c(c12)[C@@H](O)[C@@H](O)C(C)(C)O3. The molecule has 2 atom stereocenters. The zero-order valence-corrected chi connectivity index (χ0v) is 13.2. The molecule has 0 amide bonds. The van der Waals surface area contributed by atoms with Crippen molar-refractivity contribution >= 4 is 21.7 Å². The highest BCUT2D eigenvalue weighted by Crippen LogP contribution is 2.47. The Kier molecular flexibility index (Phi) is 2.89. The molecule has 23 heavy (non-hydrogen) atoms. The highest BCUT2D eigenvalue weighted by Gasteiger charge is 2.43. The summed E-state index contributed by atoms with van der Waals surface area (Å²) >= 11 is 0. The number of benzene rings is 2. The number of aliphatic hydroxyl groups excluding tert-OH is 2. The lowest BCUT2D eigenvalue weighted by Crippen LogP contribution is -2.48. The number of methoxy groups -OCH3 is 1. The number of aliphatic hydroxyl groups is 2. The molecule has 1 aromatic heterocycles. The summed E-state index contributed by atoms with van der Waals surface area (Å²) < 4.78 is 17.0. The average molecular weight is 314 g/mol. The number of rotatable bonds is 1. The predicted octanol–water partition coefficient (Wildman–Crippen LogP) is 3.16. The van der Waals surface area contributed by atoms with Gasteiger partial charge in [-0.3, -0.25) is 0 Å². The van der Waals surface area contributed by atoms with Gasteiger partial charge in [-0.25, -0.2) is 0 Å². The number of hydrogen-bond acceptors (Lipinski definition) is 5. The second-order valence-electron chi connectivity index (χ2n) is 6.41. The third-order valence-corrected chi connectivity index (χ3v) is 4.58. The normalized spacial score (nSPS) is 22.8. The first-order valence-corrected chi connectivity index (χ1v) is 7.50. The van der Waals surface area contributed by atoms with Crippen molar-refractivity contribution in [3.05, 3.63) is 36.1 Å². The second kappa shape index (κ2) is 4.63. The molecule has 0 aliphatic carbocycles. The van der Waals surface area contributed by atoms with Crippen LogP contribution in [0, 0.1) is 0 Å². The van der Waals surface area contributed by atoms with Crippen LogP contribution in [0.4, 0.5) is 0 Å². The molecule has 3 aromatic rings. The minimum atomic E-state index is -1.06. The minimum Gasteiger partial charge on any atom is -0.495 e. The van der Waals surface area contributed by atoms with E-state index in [4.69, 9.17) is 13.9 Å². The monoisotopic (exact) mass is 314 g/mol. The number of fused-ring (bicyclic) bond motifs is 4. The molecule has 2 N–H and O–H groups in total. The molecule has 0 saturated heterocycles. The van der Waals surface area contributed by atoms with Gasteiger partial charge in [-0.15, -0.1) is 0 Å². The molecule has 0 bridgehead atoms. The summed E-state index contributed by atoms with van der Waals surface area (Å²) in [6.45, 7) is 3.51. The van der Waals surface area contributed by atoms with Crippen LogP contribution in [0.25, 0.3) is 21.7 Å². The summed E-state index contributed by atoms with van der Waals surface area (Å²) in [6.07, 6.45) is -0.496. The van der Waals surface area contributed by atoms with Crippen LogP contribution in [0.3, 0.4) is 0 Å². The Morgan fingerprint density at radius 2 is 1.96 bits per heavy atom. The zero-order chi connectivity index (χ0) is 16.4. The fourth-order valence-electron chi connectivity index (χ4n) is 3.36. The third kappa shape index (κ3) is 1.87. The second-order valence-corrected chi connectivity index (χ2v) is 6.41. The van der Waals surface area contributed by atoms with Crippen molar-refractivity contribution in [2.45, 2.75) is 31.7 Å². The molecule has 120 valence electrons. The van der Waals surface area contributed by atoms with E-state index in [1.54, 1.807) is 27.2 Å². The lowest BCUT2D eigenvalue weighted by molar-refractivity contribution is -0.111. The summed E-state index contributed by atoms with van der Waals surface area (Å²) in [4.78, 5) is 0. The van der Waals surface area contributed by atoms with Crippen molar-refractivity contribution in [3.63, 3.8) is 0 Å². The molecule has 2 aromatic carbocycles. The lowest BCUT2D eigenvalue weighted by Gasteiger charge is -2.40. The standard InChI is InChI=1S/C18H18O5/c1-18(2)17(20)15(19)14-11(23-18)5-4-9-8-12-10(6-7-22-12)16(21-3)13(9)14/h4-8,15,17,19-20H,1-3H3/t15-,17-/m1/s1. The molecule has 5 heteroatoms. The van der Waals surface area contributed by atoms with Gasteiger partial charge in [0.1, 0.15) is 34.9 Å². The van der Waals surface area contributed by atoms with Crippen molar-refractivity contribution in [2.24, 2.45) is 0 Å². The molecule has 0 saturated carbocycles. The Morgan fingerprint density at radius 1 is 1.17 bits per heavy atom. The van der Waals surface area contributed by atoms with Crippen molar-refractivity contribution < 1.29 is 24.1 Å².